The molecule has 0 aliphatic carbocycles. The van der Waals surface area contributed by atoms with Crippen LogP contribution in [0.1, 0.15) is 5.56 Å². The van der Waals surface area contributed by atoms with Gasteiger partial charge >= 0.3 is 0 Å². The summed E-state index contributed by atoms with van der Waals surface area (Å²) in [6.07, 6.45) is 0. The molecule has 1 aliphatic rings. The molecule has 0 radical (unpaired) electrons. The quantitative estimate of drug-likeness (QED) is 0.899. The van der Waals surface area contributed by atoms with Crippen molar-refractivity contribution in [3.05, 3.63) is 27.7 Å². The van der Waals surface area contributed by atoms with Crippen molar-refractivity contribution in [2.45, 2.75) is 6.92 Å². The number of carbonyl (C=O) groups is 1. The summed E-state index contributed by atoms with van der Waals surface area (Å²) in [5, 5.41) is 7.36. The minimum atomic E-state index is 0.104. The molecule has 0 spiro atoms. The average molecular weight is 302 g/mol. The maximum atomic E-state index is 12.0. The second-order valence-electron chi connectivity index (χ2n) is 4.57. The number of carbonyl (C=O) groups excluding carboxylic acids is 1. The Morgan fingerprint density at radius 2 is 1.95 bits per heavy atom. The first-order chi connectivity index (χ1) is 9.08. The maximum absolute atomic E-state index is 12.0. The Morgan fingerprint density at radius 3 is 2.63 bits per heavy atom. The zero-order valence-electron chi connectivity index (χ0n) is 10.8. The Morgan fingerprint density at radius 1 is 1.32 bits per heavy atom. The number of nitrogens with one attached hydrogen (secondary N) is 2. The second kappa shape index (κ2) is 6.46. The number of nitrogens with zero attached hydrogens (tertiary/aromatic N) is 1. The Bertz CT molecular complexity index is 473. The van der Waals surface area contributed by atoms with E-state index < -0.39 is 0 Å². The van der Waals surface area contributed by atoms with Gasteiger partial charge in [-0.25, -0.2) is 0 Å². The van der Waals surface area contributed by atoms with Crippen LogP contribution in [0.3, 0.4) is 0 Å². The fraction of sp³-hybridized carbons (Fsp3) is 0.462. The van der Waals surface area contributed by atoms with Gasteiger partial charge in [-0.2, -0.15) is 0 Å². The molecule has 4 nitrogen and oxygen atoms in total. The molecule has 2 N–H and O–H groups in total. The van der Waals surface area contributed by atoms with Crippen molar-refractivity contribution >= 4 is 34.8 Å². The molecular weight excluding hydrogens is 285 g/mol. The van der Waals surface area contributed by atoms with E-state index in [0.717, 1.165) is 37.4 Å². The summed E-state index contributed by atoms with van der Waals surface area (Å²) < 4.78 is 0. The van der Waals surface area contributed by atoms with E-state index in [1.54, 1.807) is 12.1 Å². The first kappa shape index (κ1) is 14.4. The van der Waals surface area contributed by atoms with Gasteiger partial charge in [-0.3, -0.25) is 4.79 Å². The molecule has 1 amide bonds. The molecule has 0 unspecified atom stereocenters. The number of benzene rings is 1. The number of rotatable bonds is 3. The van der Waals surface area contributed by atoms with Gasteiger partial charge in [0.05, 0.1) is 16.6 Å². The molecule has 104 valence electrons. The van der Waals surface area contributed by atoms with Gasteiger partial charge in [-0.1, -0.05) is 23.2 Å². The first-order valence-corrected chi connectivity index (χ1v) is 7.01. The van der Waals surface area contributed by atoms with Gasteiger partial charge in [0, 0.05) is 31.9 Å². The lowest BCUT2D eigenvalue weighted by Gasteiger charge is -2.27. The summed E-state index contributed by atoms with van der Waals surface area (Å²) in [6, 6.07) is 3.55. The van der Waals surface area contributed by atoms with E-state index in [1.807, 2.05) is 11.8 Å². The van der Waals surface area contributed by atoms with Gasteiger partial charge in [0.15, 0.2) is 0 Å². The van der Waals surface area contributed by atoms with E-state index in [4.69, 9.17) is 23.2 Å². The van der Waals surface area contributed by atoms with Crippen molar-refractivity contribution in [1.29, 1.82) is 0 Å². The van der Waals surface area contributed by atoms with E-state index in [0.29, 0.717) is 10.0 Å². The molecule has 19 heavy (non-hydrogen) atoms. The maximum Gasteiger partial charge on any atom is 0.241 e. The van der Waals surface area contributed by atoms with Crippen LogP contribution in [0.2, 0.25) is 10.0 Å². The molecule has 6 heteroatoms. The minimum Gasteiger partial charge on any atom is -0.376 e. The number of piperazine rings is 1. The van der Waals surface area contributed by atoms with Crippen LogP contribution in [0.15, 0.2) is 12.1 Å². The van der Waals surface area contributed by atoms with E-state index in [9.17, 15) is 4.79 Å². The zero-order chi connectivity index (χ0) is 13.8. The summed E-state index contributed by atoms with van der Waals surface area (Å²) in [7, 11) is 0. The number of amides is 1. The van der Waals surface area contributed by atoms with Gasteiger partial charge in [0.2, 0.25) is 5.91 Å². The van der Waals surface area contributed by atoms with Gasteiger partial charge in [0.25, 0.3) is 0 Å². The molecular formula is C13H17Cl2N3O. The minimum absolute atomic E-state index is 0.104. The highest BCUT2D eigenvalue weighted by molar-refractivity contribution is 6.42. The van der Waals surface area contributed by atoms with Gasteiger partial charge in [-0.05, 0) is 24.6 Å². The largest absolute Gasteiger partial charge is 0.376 e. The number of anilines is 1. The Kier molecular flexibility index (Phi) is 4.91. The lowest BCUT2D eigenvalue weighted by molar-refractivity contribution is -0.129. The first-order valence-electron chi connectivity index (χ1n) is 6.26. The standard InChI is InChI=1S/C13H17Cl2N3O/c1-9-6-10(14)11(15)7-12(9)17-8-13(19)18-4-2-16-3-5-18/h6-7,16-17H,2-5,8H2,1H3. The normalized spacial score (nSPS) is 15.4. The molecule has 1 saturated heterocycles. The summed E-state index contributed by atoms with van der Waals surface area (Å²) in [6.45, 7) is 5.45. The van der Waals surface area contributed by atoms with Crippen LogP contribution in [0.5, 0.6) is 0 Å². The monoisotopic (exact) mass is 301 g/mol. The van der Waals surface area contributed by atoms with Crippen molar-refractivity contribution < 1.29 is 4.79 Å². The van der Waals surface area contributed by atoms with E-state index in [-0.39, 0.29) is 12.5 Å². The number of aryl methyl sites for hydroxylation is 1. The topological polar surface area (TPSA) is 44.4 Å². The van der Waals surface area contributed by atoms with Crippen LogP contribution in [0.25, 0.3) is 0 Å². The molecule has 1 heterocycles. The molecule has 1 fully saturated rings. The van der Waals surface area contributed by atoms with Crippen molar-refractivity contribution in [3.63, 3.8) is 0 Å². The van der Waals surface area contributed by atoms with Crippen LogP contribution >= 0.6 is 23.2 Å². The zero-order valence-corrected chi connectivity index (χ0v) is 12.3. The third-order valence-corrected chi connectivity index (χ3v) is 3.89. The Hall–Kier alpha value is -0.970. The fourth-order valence-corrected chi connectivity index (χ4v) is 2.42. The summed E-state index contributed by atoms with van der Waals surface area (Å²) in [5.41, 5.74) is 1.82. The summed E-state index contributed by atoms with van der Waals surface area (Å²) >= 11 is 11.9. The summed E-state index contributed by atoms with van der Waals surface area (Å²) in [4.78, 5) is 13.9. The van der Waals surface area contributed by atoms with Crippen molar-refractivity contribution in [2.24, 2.45) is 0 Å². The molecule has 0 saturated carbocycles. The molecule has 1 aromatic rings. The van der Waals surface area contributed by atoms with Crippen molar-refractivity contribution in [1.82, 2.24) is 10.2 Å². The molecule has 0 aromatic heterocycles. The van der Waals surface area contributed by atoms with E-state index in [2.05, 4.69) is 10.6 Å². The van der Waals surface area contributed by atoms with Gasteiger partial charge in [-0.15, -0.1) is 0 Å². The van der Waals surface area contributed by atoms with Crippen LogP contribution < -0.4 is 10.6 Å². The van der Waals surface area contributed by atoms with Crippen molar-refractivity contribution in [3.8, 4) is 0 Å². The highest BCUT2D eigenvalue weighted by Crippen LogP contribution is 2.28. The predicted molar refractivity (Wildman–Crippen MR) is 79.1 cm³/mol. The van der Waals surface area contributed by atoms with E-state index >= 15 is 0 Å². The lowest BCUT2D eigenvalue weighted by Crippen LogP contribution is -2.48. The Labute approximate surface area is 123 Å². The fourth-order valence-electron chi connectivity index (χ4n) is 2.03. The lowest BCUT2D eigenvalue weighted by atomic mass is 10.2. The molecule has 1 aliphatic heterocycles. The van der Waals surface area contributed by atoms with Gasteiger partial charge in [0.1, 0.15) is 0 Å². The van der Waals surface area contributed by atoms with Crippen LogP contribution in [-0.4, -0.2) is 43.5 Å². The smallest absolute Gasteiger partial charge is 0.241 e. The van der Waals surface area contributed by atoms with Crippen LogP contribution in [0.4, 0.5) is 5.69 Å². The second-order valence-corrected chi connectivity index (χ2v) is 5.38. The molecule has 0 atom stereocenters. The van der Waals surface area contributed by atoms with Crippen molar-refractivity contribution in [2.75, 3.05) is 38.0 Å². The summed E-state index contributed by atoms with van der Waals surface area (Å²) in [5.74, 6) is 0.104. The SMILES string of the molecule is Cc1cc(Cl)c(Cl)cc1NCC(=O)N1CCNCC1. The average Bonchev–Trinajstić information content (AvgIpc) is 2.42. The van der Waals surface area contributed by atoms with Gasteiger partial charge < -0.3 is 15.5 Å². The highest BCUT2D eigenvalue weighted by Gasteiger charge is 2.16. The number of hydrogen-bond acceptors (Lipinski definition) is 3. The van der Waals surface area contributed by atoms with Crippen LogP contribution in [-0.2, 0) is 4.79 Å². The Balaban J connectivity index is 1.94. The van der Waals surface area contributed by atoms with E-state index in [1.165, 1.54) is 0 Å². The van der Waals surface area contributed by atoms with Crippen LogP contribution in [0, 0.1) is 6.92 Å². The molecule has 0 bridgehead atoms. The number of hydrogen-bond donors (Lipinski definition) is 2. The molecule has 1 aromatic carbocycles. The third kappa shape index (κ3) is 3.75. The number of halogens is 2. The third-order valence-electron chi connectivity index (χ3n) is 3.17. The molecule has 2 rings (SSSR count). The highest BCUT2D eigenvalue weighted by atomic mass is 35.5. The predicted octanol–water partition coefficient (Wildman–Crippen LogP) is 2.15.